The molecule has 5 nitrogen and oxygen atoms in total. The van der Waals surface area contributed by atoms with E-state index in [4.69, 9.17) is 9.15 Å². The van der Waals surface area contributed by atoms with Crippen LogP contribution in [0.2, 0.25) is 0 Å². The molecule has 0 amide bonds. The van der Waals surface area contributed by atoms with Crippen LogP contribution in [0.5, 0.6) is 5.75 Å². The lowest BCUT2D eigenvalue weighted by atomic mass is 10.2. The Labute approximate surface area is 131 Å². The highest BCUT2D eigenvalue weighted by Gasteiger charge is 2.13. The number of para-hydroxylation sites is 1. The average molecular weight is 306 g/mol. The summed E-state index contributed by atoms with van der Waals surface area (Å²) < 4.78 is 12.4. The van der Waals surface area contributed by atoms with Crippen molar-refractivity contribution >= 4 is 22.1 Å². The van der Waals surface area contributed by atoms with Crippen molar-refractivity contribution in [2.24, 2.45) is 0 Å². The molecule has 4 rings (SSSR count). The van der Waals surface area contributed by atoms with Gasteiger partial charge in [-0.2, -0.15) is 0 Å². The Balaban J connectivity index is 1.79. The molecule has 2 heterocycles. The number of methoxy groups -OCH3 is 1. The average Bonchev–Trinajstić information content (AvgIpc) is 2.98. The molecule has 114 valence electrons. The molecule has 0 aliphatic carbocycles. The van der Waals surface area contributed by atoms with Crippen molar-refractivity contribution < 1.29 is 9.15 Å². The number of aromatic nitrogens is 2. The highest BCUT2D eigenvalue weighted by molar-refractivity contribution is 6.01. The maximum Gasteiger partial charge on any atom is 0.297 e. The number of furan rings is 1. The van der Waals surface area contributed by atoms with E-state index in [0.29, 0.717) is 23.2 Å². The molecular weight excluding hydrogens is 292 g/mol. The number of hydrogen-bond acceptors (Lipinski definition) is 4. The fourth-order valence-electron chi connectivity index (χ4n) is 2.66. The molecule has 2 aromatic heterocycles. The molecule has 0 fully saturated rings. The van der Waals surface area contributed by atoms with E-state index >= 15 is 0 Å². The van der Waals surface area contributed by atoms with Crippen LogP contribution in [-0.4, -0.2) is 16.7 Å². The second-order valence-electron chi connectivity index (χ2n) is 5.30. The number of nitrogens with zero attached hydrogens (tertiary/aromatic N) is 2. The van der Waals surface area contributed by atoms with Gasteiger partial charge in [0.1, 0.15) is 16.8 Å². The first-order valence-corrected chi connectivity index (χ1v) is 7.26. The lowest BCUT2D eigenvalue weighted by molar-refractivity contribution is 0.414. The summed E-state index contributed by atoms with van der Waals surface area (Å²) in [6, 6.07) is 15.1. The number of ether oxygens (including phenoxy) is 1. The summed E-state index contributed by atoms with van der Waals surface area (Å²) in [4.78, 5) is 17.0. The molecule has 0 spiro atoms. The van der Waals surface area contributed by atoms with Gasteiger partial charge >= 0.3 is 0 Å². The smallest absolute Gasteiger partial charge is 0.297 e. The second-order valence-corrected chi connectivity index (χ2v) is 5.30. The molecule has 4 aromatic rings. The molecule has 0 N–H and O–H groups in total. The number of hydrogen-bond donors (Lipinski definition) is 0. The van der Waals surface area contributed by atoms with Crippen molar-refractivity contribution in [3.63, 3.8) is 0 Å². The van der Waals surface area contributed by atoms with E-state index in [2.05, 4.69) is 4.98 Å². The first-order chi connectivity index (χ1) is 11.3. The summed E-state index contributed by atoms with van der Waals surface area (Å²) in [5.41, 5.74) is 2.39. The molecular formula is C18H14N2O3. The standard InChI is InChI=1S/C18H14N2O3/c1-22-13-8-6-12(7-9-13)10-20-11-19-16-14-4-2-3-5-15(14)23-17(16)18(20)21/h2-9,11H,10H2,1H3. The molecule has 0 saturated heterocycles. The van der Waals surface area contributed by atoms with Crippen LogP contribution in [0.25, 0.3) is 22.1 Å². The van der Waals surface area contributed by atoms with Crippen molar-refractivity contribution in [2.75, 3.05) is 7.11 Å². The molecule has 5 heteroatoms. The highest BCUT2D eigenvalue weighted by atomic mass is 16.5. The third-order valence-electron chi connectivity index (χ3n) is 3.86. The van der Waals surface area contributed by atoms with Crippen molar-refractivity contribution in [3.05, 3.63) is 70.8 Å². The third kappa shape index (κ3) is 2.26. The Morgan fingerprint density at radius 1 is 1.13 bits per heavy atom. The zero-order valence-electron chi connectivity index (χ0n) is 12.5. The zero-order valence-corrected chi connectivity index (χ0v) is 12.5. The van der Waals surface area contributed by atoms with Gasteiger partial charge < -0.3 is 9.15 Å². The van der Waals surface area contributed by atoms with E-state index in [1.54, 1.807) is 18.0 Å². The van der Waals surface area contributed by atoms with E-state index in [9.17, 15) is 4.79 Å². The second kappa shape index (κ2) is 5.28. The quantitative estimate of drug-likeness (QED) is 0.583. The fraction of sp³-hybridized carbons (Fsp3) is 0.111. The minimum Gasteiger partial charge on any atom is -0.497 e. The van der Waals surface area contributed by atoms with E-state index in [1.165, 1.54) is 0 Å². The van der Waals surface area contributed by atoms with Gasteiger partial charge in [-0.15, -0.1) is 0 Å². The summed E-state index contributed by atoms with van der Waals surface area (Å²) in [6.45, 7) is 0.433. The van der Waals surface area contributed by atoms with E-state index in [-0.39, 0.29) is 5.56 Å². The van der Waals surface area contributed by atoms with Crippen LogP contribution < -0.4 is 10.3 Å². The Hall–Kier alpha value is -3.08. The summed E-state index contributed by atoms with van der Waals surface area (Å²) in [5.74, 6) is 0.784. The largest absolute Gasteiger partial charge is 0.497 e. The van der Waals surface area contributed by atoms with Gasteiger partial charge in [-0.05, 0) is 29.8 Å². The summed E-state index contributed by atoms with van der Waals surface area (Å²) in [5, 5.41) is 0.858. The topological polar surface area (TPSA) is 57.3 Å². The van der Waals surface area contributed by atoms with Gasteiger partial charge in [0.25, 0.3) is 5.56 Å². The molecule has 2 aromatic carbocycles. The van der Waals surface area contributed by atoms with Crippen molar-refractivity contribution in [1.82, 2.24) is 9.55 Å². The summed E-state index contributed by atoms with van der Waals surface area (Å²) in [7, 11) is 1.62. The predicted molar refractivity (Wildman–Crippen MR) is 87.9 cm³/mol. The van der Waals surface area contributed by atoms with Gasteiger partial charge in [0.15, 0.2) is 0 Å². The monoisotopic (exact) mass is 306 g/mol. The zero-order chi connectivity index (χ0) is 15.8. The van der Waals surface area contributed by atoms with Crippen LogP contribution in [0, 0.1) is 0 Å². The van der Waals surface area contributed by atoms with Gasteiger partial charge in [-0.3, -0.25) is 9.36 Å². The Morgan fingerprint density at radius 3 is 2.70 bits per heavy atom. The first kappa shape index (κ1) is 13.6. The first-order valence-electron chi connectivity index (χ1n) is 7.26. The minimum atomic E-state index is -0.179. The maximum atomic E-state index is 12.6. The van der Waals surface area contributed by atoms with Crippen molar-refractivity contribution in [2.45, 2.75) is 6.54 Å². The number of rotatable bonds is 3. The van der Waals surface area contributed by atoms with E-state index in [1.807, 2.05) is 48.5 Å². The van der Waals surface area contributed by atoms with Gasteiger partial charge in [0, 0.05) is 5.39 Å². The highest BCUT2D eigenvalue weighted by Crippen LogP contribution is 2.24. The van der Waals surface area contributed by atoms with Crippen LogP contribution in [0.3, 0.4) is 0 Å². The molecule has 0 saturated carbocycles. The van der Waals surface area contributed by atoms with Crippen molar-refractivity contribution in [1.29, 1.82) is 0 Å². The Kier molecular flexibility index (Phi) is 3.12. The van der Waals surface area contributed by atoms with Gasteiger partial charge in [-0.1, -0.05) is 24.3 Å². The molecule has 0 aliphatic heterocycles. The van der Waals surface area contributed by atoms with Crippen LogP contribution >= 0.6 is 0 Å². The Morgan fingerprint density at radius 2 is 1.91 bits per heavy atom. The summed E-state index contributed by atoms with van der Waals surface area (Å²) >= 11 is 0. The SMILES string of the molecule is COc1ccc(Cn2cnc3c(oc4ccccc43)c2=O)cc1. The molecule has 0 atom stereocenters. The molecule has 0 radical (unpaired) electrons. The molecule has 23 heavy (non-hydrogen) atoms. The minimum absolute atomic E-state index is 0.179. The predicted octanol–water partition coefficient (Wildman–Crippen LogP) is 3.20. The maximum absolute atomic E-state index is 12.6. The van der Waals surface area contributed by atoms with Gasteiger partial charge in [0.05, 0.1) is 20.0 Å². The third-order valence-corrected chi connectivity index (χ3v) is 3.86. The lowest BCUT2D eigenvalue weighted by Gasteiger charge is -2.06. The van der Waals surface area contributed by atoms with Crippen molar-refractivity contribution in [3.8, 4) is 5.75 Å². The molecule has 0 aliphatic rings. The van der Waals surface area contributed by atoms with Crippen LogP contribution in [0.4, 0.5) is 0 Å². The van der Waals surface area contributed by atoms with Gasteiger partial charge in [-0.25, -0.2) is 4.98 Å². The van der Waals surface area contributed by atoms with Crippen LogP contribution in [-0.2, 0) is 6.54 Å². The lowest BCUT2D eigenvalue weighted by Crippen LogP contribution is -2.20. The van der Waals surface area contributed by atoms with E-state index < -0.39 is 0 Å². The van der Waals surface area contributed by atoms with E-state index in [0.717, 1.165) is 16.7 Å². The number of fused-ring (bicyclic) bond motifs is 3. The van der Waals surface area contributed by atoms with Crippen LogP contribution in [0.15, 0.2) is 64.1 Å². The van der Waals surface area contributed by atoms with Gasteiger partial charge in [0.2, 0.25) is 5.58 Å². The Bertz CT molecular complexity index is 1050. The van der Waals surface area contributed by atoms with Crippen LogP contribution in [0.1, 0.15) is 5.56 Å². The summed E-state index contributed by atoms with van der Waals surface area (Å²) in [6.07, 6.45) is 1.57. The normalized spacial score (nSPS) is 11.2. The molecule has 0 bridgehead atoms. The molecule has 0 unspecified atom stereocenters. The fourth-order valence-corrected chi connectivity index (χ4v) is 2.66. The number of benzene rings is 2.